The number of nitrogens with one attached hydrogen (secondary N) is 1. The maximum atomic E-state index is 5.52. The summed E-state index contributed by atoms with van der Waals surface area (Å²) in [5.74, 6) is 0. The quantitative estimate of drug-likeness (QED) is 0.553. The van der Waals surface area contributed by atoms with Crippen LogP contribution in [-0.2, 0) is 0 Å². The average molecular weight is 130 g/mol. The lowest BCUT2D eigenvalue weighted by molar-refractivity contribution is 0.602. The molecule has 0 aromatic carbocycles. The molecule has 1 unspecified atom stereocenters. The van der Waals surface area contributed by atoms with Crippen molar-refractivity contribution in [1.29, 1.82) is 0 Å². The van der Waals surface area contributed by atoms with Crippen LogP contribution in [0.25, 0.3) is 0 Å². The zero-order chi connectivity index (χ0) is 7.70. The molecule has 0 fully saturated rings. The minimum Gasteiger partial charge on any atom is -0.327 e. The van der Waals surface area contributed by atoms with Gasteiger partial charge in [0, 0.05) is 12.6 Å². The second-order valence-electron chi connectivity index (χ2n) is 1.73. The Hall–Kier alpha value is -0.340. The first kappa shape index (κ1) is 11.5. The summed E-state index contributed by atoms with van der Waals surface area (Å²) in [4.78, 5) is 0. The Morgan fingerprint density at radius 1 is 1.56 bits per heavy atom. The lowest BCUT2D eigenvalue weighted by Crippen LogP contribution is -2.30. The van der Waals surface area contributed by atoms with Crippen LogP contribution in [-0.4, -0.2) is 19.6 Å². The third-order valence-electron chi connectivity index (χ3n) is 0.991. The van der Waals surface area contributed by atoms with Gasteiger partial charge in [0.25, 0.3) is 0 Å². The zero-order valence-corrected chi connectivity index (χ0v) is 6.48. The van der Waals surface area contributed by atoms with E-state index in [1.54, 1.807) is 0 Å². The second kappa shape index (κ2) is 10.6. The number of rotatable bonds is 3. The van der Waals surface area contributed by atoms with Crippen LogP contribution in [0.2, 0.25) is 0 Å². The summed E-state index contributed by atoms with van der Waals surface area (Å²) in [6, 6.07) is 0.338. The molecule has 2 heteroatoms. The van der Waals surface area contributed by atoms with Crippen molar-refractivity contribution in [3.05, 3.63) is 13.2 Å². The average Bonchev–Trinajstić information content (AvgIpc) is 1.93. The second-order valence-corrected chi connectivity index (χ2v) is 1.73. The van der Waals surface area contributed by atoms with E-state index in [0.717, 1.165) is 13.0 Å². The van der Waals surface area contributed by atoms with Crippen molar-refractivity contribution in [2.75, 3.05) is 13.6 Å². The number of hydrogen-bond acceptors (Lipinski definition) is 2. The van der Waals surface area contributed by atoms with Gasteiger partial charge in [0.15, 0.2) is 0 Å². The number of nitrogens with two attached hydrogens (primary N) is 1. The van der Waals surface area contributed by atoms with Crippen molar-refractivity contribution in [2.24, 2.45) is 5.73 Å². The Balaban J connectivity index is 0. The highest BCUT2D eigenvalue weighted by Crippen LogP contribution is 1.79. The molecular formula is C7H18N2. The highest BCUT2D eigenvalue weighted by Gasteiger charge is 1.92. The smallest absolute Gasteiger partial charge is 0.0162 e. The van der Waals surface area contributed by atoms with Gasteiger partial charge in [-0.3, -0.25) is 0 Å². The summed E-state index contributed by atoms with van der Waals surface area (Å²) >= 11 is 0. The first-order valence-corrected chi connectivity index (χ1v) is 3.21. The molecule has 0 bridgehead atoms. The maximum absolute atomic E-state index is 5.52. The van der Waals surface area contributed by atoms with Crippen LogP contribution >= 0.6 is 0 Å². The van der Waals surface area contributed by atoms with Gasteiger partial charge in [-0.25, -0.2) is 0 Å². The van der Waals surface area contributed by atoms with Crippen molar-refractivity contribution in [1.82, 2.24) is 5.32 Å². The van der Waals surface area contributed by atoms with Crippen LogP contribution < -0.4 is 11.1 Å². The van der Waals surface area contributed by atoms with Gasteiger partial charge < -0.3 is 11.1 Å². The molecular weight excluding hydrogens is 112 g/mol. The summed E-state index contributed by atoms with van der Waals surface area (Å²) < 4.78 is 0. The molecule has 9 heavy (non-hydrogen) atoms. The Morgan fingerprint density at radius 3 is 2.11 bits per heavy atom. The number of likely N-dealkylation sites (N-methyl/N-ethyl adjacent to an activating group) is 1. The SMILES string of the molecule is C=C.CCC(N)CNC. The third-order valence-corrected chi connectivity index (χ3v) is 0.991. The molecule has 0 heterocycles. The van der Waals surface area contributed by atoms with Crippen LogP contribution in [0.4, 0.5) is 0 Å². The van der Waals surface area contributed by atoms with Crippen molar-refractivity contribution < 1.29 is 0 Å². The molecule has 0 aliphatic carbocycles. The summed E-state index contributed by atoms with van der Waals surface area (Å²) in [7, 11) is 1.91. The van der Waals surface area contributed by atoms with E-state index in [4.69, 9.17) is 5.73 Å². The fraction of sp³-hybridized carbons (Fsp3) is 0.714. The Morgan fingerprint density at radius 2 is 2.00 bits per heavy atom. The molecule has 0 aliphatic rings. The monoisotopic (exact) mass is 130 g/mol. The van der Waals surface area contributed by atoms with Gasteiger partial charge in [-0.2, -0.15) is 0 Å². The molecule has 0 saturated heterocycles. The van der Waals surface area contributed by atoms with Crippen LogP contribution in [0.5, 0.6) is 0 Å². The topological polar surface area (TPSA) is 38.0 Å². The minimum absolute atomic E-state index is 0.338. The molecule has 3 N–H and O–H groups in total. The van der Waals surface area contributed by atoms with Gasteiger partial charge in [0.05, 0.1) is 0 Å². The highest BCUT2D eigenvalue weighted by atomic mass is 14.9. The van der Waals surface area contributed by atoms with Gasteiger partial charge in [-0.05, 0) is 13.5 Å². The normalized spacial score (nSPS) is 11.4. The van der Waals surface area contributed by atoms with Crippen molar-refractivity contribution in [2.45, 2.75) is 19.4 Å². The van der Waals surface area contributed by atoms with Gasteiger partial charge in [0.2, 0.25) is 0 Å². The van der Waals surface area contributed by atoms with Crippen LogP contribution in [0.15, 0.2) is 13.2 Å². The van der Waals surface area contributed by atoms with Crippen LogP contribution in [0.1, 0.15) is 13.3 Å². The van der Waals surface area contributed by atoms with E-state index in [2.05, 4.69) is 25.4 Å². The van der Waals surface area contributed by atoms with Crippen molar-refractivity contribution in [3.63, 3.8) is 0 Å². The van der Waals surface area contributed by atoms with E-state index in [1.165, 1.54) is 0 Å². The van der Waals surface area contributed by atoms with Gasteiger partial charge in [-0.15, -0.1) is 13.2 Å². The van der Waals surface area contributed by atoms with Crippen LogP contribution in [0.3, 0.4) is 0 Å². The first-order chi connectivity index (χ1) is 4.31. The van der Waals surface area contributed by atoms with Crippen LogP contribution in [0, 0.1) is 0 Å². The third kappa shape index (κ3) is 11.3. The van der Waals surface area contributed by atoms with Crippen molar-refractivity contribution in [3.8, 4) is 0 Å². The van der Waals surface area contributed by atoms with E-state index in [-0.39, 0.29) is 0 Å². The molecule has 2 nitrogen and oxygen atoms in total. The summed E-state index contributed by atoms with van der Waals surface area (Å²) in [5.41, 5.74) is 5.52. The van der Waals surface area contributed by atoms with Crippen molar-refractivity contribution >= 4 is 0 Å². The fourth-order valence-corrected chi connectivity index (χ4v) is 0.407. The standard InChI is InChI=1S/C5H14N2.C2H4/c1-3-5(6)4-7-2;1-2/h5,7H,3-4,6H2,1-2H3;1-2H2. The van der Waals surface area contributed by atoms with Gasteiger partial charge in [-0.1, -0.05) is 6.92 Å². The Bertz CT molecular complexity index is 46.2. The molecule has 0 radical (unpaired) electrons. The predicted octanol–water partition coefficient (Wildman–Crippen LogP) is 0.745. The lowest BCUT2D eigenvalue weighted by Gasteiger charge is -2.04. The fourth-order valence-electron chi connectivity index (χ4n) is 0.407. The Labute approximate surface area is 58.1 Å². The molecule has 56 valence electrons. The van der Waals surface area contributed by atoms with E-state index in [9.17, 15) is 0 Å². The van der Waals surface area contributed by atoms with Gasteiger partial charge >= 0.3 is 0 Å². The summed E-state index contributed by atoms with van der Waals surface area (Å²) in [6.07, 6.45) is 1.06. The molecule has 0 rings (SSSR count). The summed E-state index contributed by atoms with van der Waals surface area (Å²) in [5, 5.41) is 2.99. The predicted molar refractivity (Wildman–Crippen MR) is 43.4 cm³/mol. The summed E-state index contributed by atoms with van der Waals surface area (Å²) in [6.45, 7) is 9.01. The highest BCUT2D eigenvalue weighted by molar-refractivity contribution is 4.58. The Kier molecular flexibility index (Phi) is 13.5. The molecule has 0 aliphatic heterocycles. The van der Waals surface area contributed by atoms with E-state index >= 15 is 0 Å². The molecule has 0 spiro atoms. The van der Waals surface area contributed by atoms with E-state index in [0.29, 0.717) is 6.04 Å². The molecule has 1 atom stereocenters. The number of hydrogen-bond donors (Lipinski definition) is 2. The van der Waals surface area contributed by atoms with E-state index < -0.39 is 0 Å². The van der Waals surface area contributed by atoms with Gasteiger partial charge in [0.1, 0.15) is 0 Å². The molecule has 0 aromatic rings. The largest absolute Gasteiger partial charge is 0.327 e. The zero-order valence-electron chi connectivity index (χ0n) is 6.48. The molecule has 0 saturated carbocycles. The first-order valence-electron chi connectivity index (χ1n) is 3.21. The minimum atomic E-state index is 0.338. The maximum Gasteiger partial charge on any atom is 0.0162 e. The lowest BCUT2D eigenvalue weighted by atomic mass is 10.2. The molecule has 0 amide bonds. The van der Waals surface area contributed by atoms with E-state index in [1.807, 2.05) is 7.05 Å². The molecule has 0 aromatic heterocycles.